The van der Waals surface area contributed by atoms with E-state index in [1.165, 1.54) is 16.1 Å². The lowest BCUT2D eigenvalue weighted by Crippen LogP contribution is -2.29. The van der Waals surface area contributed by atoms with Crippen LogP contribution in [-0.4, -0.2) is 12.5 Å². The van der Waals surface area contributed by atoms with E-state index in [1.54, 1.807) is 0 Å². The summed E-state index contributed by atoms with van der Waals surface area (Å²) in [4.78, 5) is 16.1. The molecule has 1 aliphatic heterocycles. The first kappa shape index (κ1) is 17.0. The number of nitrogens with one attached hydrogen (secondary N) is 1. The van der Waals surface area contributed by atoms with Gasteiger partial charge in [-0.25, -0.2) is 0 Å². The summed E-state index contributed by atoms with van der Waals surface area (Å²) in [6.07, 6.45) is 1.65. The van der Waals surface area contributed by atoms with Crippen molar-refractivity contribution < 1.29 is 4.79 Å². The van der Waals surface area contributed by atoms with Crippen molar-refractivity contribution in [3.8, 4) is 0 Å². The van der Waals surface area contributed by atoms with Gasteiger partial charge in [0.15, 0.2) is 0 Å². The maximum absolute atomic E-state index is 12.2. The van der Waals surface area contributed by atoms with Gasteiger partial charge in [0.2, 0.25) is 5.91 Å². The predicted molar refractivity (Wildman–Crippen MR) is 103 cm³/mol. The van der Waals surface area contributed by atoms with Crippen LogP contribution in [-0.2, 0) is 17.8 Å². The number of fused-ring (bicyclic) bond motifs is 1. The highest BCUT2D eigenvalue weighted by molar-refractivity contribution is 7.10. The number of carbonyl (C=O) groups is 1. The van der Waals surface area contributed by atoms with Crippen LogP contribution in [0.1, 0.15) is 43.2 Å². The van der Waals surface area contributed by atoms with E-state index in [2.05, 4.69) is 61.5 Å². The van der Waals surface area contributed by atoms with E-state index in [-0.39, 0.29) is 11.3 Å². The second-order valence-electron chi connectivity index (χ2n) is 7.83. The fraction of sp³-hybridized carbons (Fsp3) is 0.450. The summed E-state index contributed by atoms with van der Waals surface area (Å²) in [5.74, 6) is 0.0826. The van der Waals surface area contributed by atoms with E-state index < -0.39 is 0 Å². The highest BCUT2D eigenvalue weighted by Gasteiger charge is 2.19. The third-order valence-corrected chi connectivity index (χ3v) is 5.37. The van der Waals surface area contributed by atoms with Crippen molar-refractivity contribution in [2.24, 2.45) is 5.41 Å². The van der Waals surface area contributed by atoms with E-state index in [0.717, 1.165) is 30.8 Å². The van der Waals surface area contributed by atoms with Crippen molar-refractivity contribution in [2.75, 3.05) is 16.8 Å². The summed E-state index contributed by atoms with van der Waals surface area (Å²) >= 11 is 1.87. The number of carbonyl (C=O) groups excluding carboxylic acids is 1. The van der Waals surface area contributed by atoms with Gasteiger partial charge in [0.05, 0.1) is 0 Å². The first-order valence-corrected chi connectivity index (χ1v) is 9.40. The molecule has 2 aromatic rings. The highest BCUT2D eigenvalue weighted by atomic mass is 32.1. The maximum Gasteiger partial charge on any atom is 0.224 e. The van der Waals surface area contributed by atoms with Crippen molar-refractivity contribution in [1.82, 2.24) is 0 Å². The van der Waals surface area contributed by atoms with Crippen LogP contribution in [0, 0.1) is 12.3 Å². The monoisotopic (exact) mass is 342 g/mol. The van der Waals surface area contributed by atoms with Gasteiger partial charge in [-0.3, -0.25) is 4.79 Å². The van der Waals surface area contributed by atoms with Crippen LogP contribution in [0.15, 0.2) is 29.6 Å². The Bertz CT molecular complexity index is 742. The molecular formula is C20H26N2OS. The number of nitrogens with zero attached hydrogens (tertiary/aromatic N) is 1. The molecule has 0 saturated carbocycles. The Labute approximate surface area is 148 Å². The summed E-state index contributed by atoms with van der Waals surface area (Å²) < 4.78 is 0. The van der Waals surface area contributed by atoms with Gasteiger partial charge in [0, 0.05) is 35.8 Å². The predicted octanol–water partition coefficient (Wildman–Crippen LogP) is 4.99. The zero-order valence-electron chi connectivity index (χ0n) is 15.0. The van der Waals surface area contributed by atoms with E-state index in [4.69, 9.17) is 0 Å². The number of benzene rings is 1. The van der Waals surface area contributed by atoms with E-state index in [9.17, 15) is 4.79 Å². The second kappa shape index (κ2) is 6.60. The largest absolute Gasteiger partial charge is 0.367 e. The molecular weight excluding hydrogens is 316 g/mol. The van der Waals surface area contributed by atoms with E-state index in [0.29, 0.717) is 6.42 Å². The van der Waals surface area contributed by atoms with Crippen molar-refractivity contribution in [3.63, 3.8) is 0 Å². The first-order chi connectivity index (χ1) is 11.3. The molecule has 2 heterocycles. The first-order valence-electron chi connectivity index (χ1n) is 8.52. The number of rotatable bonds is 3. The van der Waals surface area contributed by atoms with Gasteiger partial charge in [-0.2, -0.15) is 0 Å². The third kappa shape index (κ3) is 3.99. The molecule has 0 saturated heterocycles. The Morgan fingerprint density at radius 1 is 1.29 bits per heavy atom. The molecule has 0 bridgehead atoms. The minimum absolute atomic E-state index is 0.00394. The average molecular weight is 343 g/mol. The number of anilines is 2. The summed E-state index contributed by atoms with van der Waals surface area (Å²) in [7, 11) is 0. The molecule has 0 unspecified atom stereocenters. The van der Waals surface area contributed by atoms with Gasteiger partial charge >= 0.3 is 0 Å². The van der Waals surface area contributed by atoms with E-state index >= 15 is 0 Å². The molecule has 0 fully saturated rings. The molecule has 1 aromatic heterocycles. The number of amides is 1. The highest BCUT2D eigenvalue weighted by Crippen LogP contribution is 2.30. The fourth-order valence-corrected chi connectivity index (χ4v) is 4.02. The van der Waals surface area contributed by atoms with Gasteiger partial charge in [0.25, 0.3) is 0 Å². The topological polar surface area (TPSA) is 32.3 Å². The molecule has 24 heavy (non-hydrogen) atoms. The molecule has 0 aliphatic carbocycles. The van der Waals surface area contributed by atoms with Gasteiger partial charge in [-0.15, -0.1) is 11.3 Å². The molecule has 0 radical (unpaired) electrons. The third-order valence-electron chi connectivity index (χ3n) is 4.35. The molecule has 3 rings (SSSR count). The number of hydrogen-bond donors (Lipinski definition) is 1. The number of thiophene rings is 1. The van der Waals surface area contributed by atoms with E-state index in [1.807, 2.05) is 17.4 Å². The Kier molecular flexibility index (Phi) is 4.68. The minimum atomic E-state index is 0.00394. The van der Waals surface area contributed by atoms with Crippen LogP contribution < -0.4 is 10.2 Å². The van der Waals surface area contributed by atoms with Gasteiger partial charge in [0.1, 0.15) is 0 Å². The number of hydrogen-bond acceptors (Lipinski definition) is 3. The SMILES string of the molecule is Cc1cc(N2CCc3sccc3C2)ccc1NC(=O)CC(C)(C)C. The van der Waals surface area contributed by atoms with Crippen LogP contribution in [0.4, 0.5) is 11.4 Å². The van der Waals surface area contributed by atoms with Gasteiger partial charge in [-0.1, -0.05) is 20.8 Å². The lowest BCUT2D eigenvalue weighted by molar-refractivity contribution is -0.117. The zero-order valence-corrected chi connectivity index (χ0v) is 15.8. The second-order valence-corrected chi connectivity index (χ2v) is 8.83. The Hall–Kier alpha value is -1.81. The minimum Gasteiger partial charge on any atom is -0.367 e. The van der Waals surface area contributed by atoms with Crippen LogP contribution in [0.2, 0.25) is 0 Å². The molecule has 0 spiro atoms. The molecule has 1 amide bonds. The smallest absolute Gasteiger partial charge is 0.224 e. The molecule has 3 nitrogen and oxygen atoms in total. The summed E-state index contributed by atoms with van der Waals surface area (Å²) in [5.41, 5.74) is 4.72. The van der Waals surface area contributed by atoms with Crippen LogP contribution in [0.25, 0.3) is 0 Å². The summed E-state index contributed by atoms with van der Waals surface area (Å²) in [5, 5.41) is 5.24. The fourth-order valence-electron chi connectivity index (χ4n) is 3.13. The van der Waals surface area contributed by atoms with Crippen molar-refractivity contribution >= 4 is 28.6 Å². The molecule has 128 valence electrons. The average Bonchev–Trinajstić information content (AvgIpc) is 2.94. The molecule has 1 N–H and O–H groups in total. The van der Waals surface area contributed by atoms with Gasteiger partial charge in [-0.05, 0) is 59.5 Å². The normalized spacial score (nSPS) is 14.4. The van der Waals surface area contributed by atoms with Crippen LogP contribution >= 0.6 is 11.3 Å². The van der Waals surface area contributed by atoms with Crippen molar-refractivity contribution in [1.29, 1.82) is 0 Å². The summed E-state index contributed by atoms with van der Waals surface area (Å²) in [6, 6.07) is 8.58. The summed E-state index contributed by atoms with van der Waals surface area (Å²) in [6.45, 7) is 10.3. The Balaban J connectivity index is 1.70. The van der Waals surface area contributed by atoms with Gasteiger partial charge < -0.3 is 10.2 Å². The molecule has 4 heteroatoms. The molecule has 0 atom stereocenters. The maximum atomic E-state index is 12.2. The Morgan fingerprint density at radius 2 is 2.08 bits per heavy atom. The molecule has 1 aromatic carbocycles. The number of aryl methyl sites for hydroxylation is 1. The zero-order chi connectivity index (χ0) is 17.3. The molecule has 1 aliphatic rings. The van der Waals surface area contributed by atoms with Crippen LogP contribution in [0.3, 0.4) is 0 Å². The standard InChI is InChI=1S/C20H26N2OS/c1-14-11-16(22-9-7-18-15(13-22)8-10-24-18)5-6-17(14)21-19(23)12-20(2,3)4/h5-6,8,10-11H,7,9,12-13H2,1-4H3,(H,21,23). The quantitative estimate of drug-likeness (QED) is 0.852. The Morgan fingerprint density at radius 3 is 2.79 bits per heavy atom. The van der Waals surface area contributed by atoms with Crippen molar-refractivity contribution in [3.05, 3.63) is 45.6 Å². The van der Waals surface area contributed by atoms with Crippen LogP contribution in [0.5, 0.6) is 0 Å². The lowest BCUT2D eigenvalue weighted by atomic mass is 9.92. The lowest BCUT2D eigenvalue weighted by Gasteiger charge is -2.29. The van der Waals surface area contributed by atoms with Crippen molar-refractivity contribution in [2.45, 2.75) is 47.1 Å².